The number of nitrogens with zero attached hydrogens (tertiary/aromatic N) is 2. The van der Waals surface area contributed by atoms with Gasteiger partial charge in [0.25, 0.3) is 5.91 Å². The number of aromatic nitrogens is 1. The first kappa shape index (κ1) is 13.9. The number of hydrazone groups is 1. The van der Waals surface area contributed by atoms with Gasteiger partial charge in [-0.15, -0.1) is 0 Å². The lowest BCUT2D eigenvalue weighted by Gasteiger charge is -2.03. The fourth-order valence-electron chi connectivity index (χ4n) is 1.75. The molecule has 1 aromatic carbocycles. The van der Waals surface area contributed by atoms with E-state index in [2.05, 4.69) is 10.5 Å². The molecule has 1 heterocycles. The summed E-state index contributed by atoms with van der Waals surface area (Å²) in [4.78, 5) is 11.9. The summed E-state index contributed by atoms with van der Waals surface area (Å²) in [6.07, 6.45) is 1.62. The summed E-state index contributed by atoms with van der Waals surface area (Å²) in [6, 6.07) is 10.9. The Bertz CT molecular complexity index is 644. The summed E-state index contributed by atoms with van der Waals surface area (Å²) < 4.78 is 7.06. The molecule has 104 valence electrons. The van der Waals surface area contributed by atoms with E-state index >= 15 is 0 Å². The van der Waals surface area contributed by atoms with Crippen LogP contribution in [0.4, 0.5) is 0 Å². The maximum atomic E-state index is 11.9. The summed E-state index contributed by atoms with van der Waals surface area (Å²) in [5.74, 6) is 0.366. The number of hydrogen-bond acceptors (Lipinski definition) is 3. The third kappa shape index (κ3) is 3.06. The molecule has 0 aliphatic carbocycles. The summed E-state index contributed by atoms with van der Waals surface area (Å²) in [5.41, 5.74) is 5.06. The van der Waals surface area contributed by atoms with Gasteiger partial charge < -0.3 is 9.30 Å². The molecule has 2 aromatic rings. The smallest absolute Gasteiger partial charge is 0.271 e. The Kier molecular flexibility index (Phi) is 4.20. The van der Waals surface area contributed by atoms with E-state index in [4.69, 9.17) is 4.74 Å². The number of carbonyl (C=O) groups is 1. The normalized spacial score (nSPS) is 10.8. The molecule has 1 N–H and O–H groups in total. The Morgan fingerprint density at radius 1 is 1.35 bits per heavy atom. The van der Waals surface area contributed by atoms with Gasteiger partial charge in [-0.05, 0) is 37.3 Å². The van der Waals surface area contributed by atoms with Gasteiger partial charge in [0.05, 0.1) is 19.0 Å². The van der Waals surface area contributed by atoms with E-state index in [1.54, 1.807) is 37.6 Å². The maximum absolute atomic E-state index is 11.9. The van der Waals surface area contributed by atoms with E-state index < -0.39 is 0 Å². The lowest BCUT2D eigenvalue weighted by atomic mass is 10.2. The van der Waals surface area contributed by atoms with E-state index in [0.717, 1.165) is 11.4 Å². The highest BCUT2D eigenvalue weighted by molar-refractivity contribution is 5.95. The standard InChI is InChI=1S/C15H17N3O2/c1-11-7-8-13(18(11)2)10-16-17-15(19)12-5-4-6-14(9-12)20-3/h4-10H,1-3H3,(H,17,19)/b16-10+. The van der Waals surface area contributed by atoms with E-state index in [9.17, 15) is 4.79 Å². The molecule has 0 aliphatic heterocycles. The van der Waals surface area contributed by atoms with Gasteiger partial charge in [-0.25, -0.2) is 5.43 Å². The minimum absolute atomic E-state index is 0.272. The second kappa shape index (κ2) is 6.06. The maximum Gasteiger partial charge on any atom is 0.271 e. The zero-order valence-electron chi connectivity index (χ0n) is 11.8. The van der Waals surface area contributed by atoms with Crippen molar-refractivity contribution in [2.75, 3.05) is 7.11 Å². The van der Waals surface area contributed by atoms with Gasteiger partial charge in [-0.1, -0.05) is 6.07 Å². The molecule has 0 radical (unpaired) electrons. The van der Waals surface area contributed by atoms with Crippen LogP contribution < -0.4 is 10.2 Å². The average molecular weight is 271 g/mol. The first-order valence-corrected chi connectivity index (χ1v) is 6.21. The van der Waals surface area contributed by atoms with Crippen molar-refractivity contribution in [2.45, 2.75) is 6.92 Å². The molecule has 0 saturated carbocycles. The predicted octanol–water partition coefficient (Wildman–Crippen LogP) is 2.11. The van der Waals surface area contributed by atoms with Crippen LogP contribution >= 0.6 is 0 Å². The van der Waals surface area contributed by atoms with Gasteiger partial charge in [-0.2, -0.15) is 5.10 Å². The summed E-state index contributed by atoms with van der Waals surface area (Å²) in [7, 11) is 3.51. The van der Waals surface area contributed by atoms with Crippen LogP contribution in [0.2, 0.25) is 0 Å². The molecular weight excluding hydrogens is 254 g/mol. The van der Waals surface area contributed by atoms with Crippen molar-refractivity contribution in [3.63, 3.8) is 0 Å². The van der Waals surface area contributed by atoms with Gasteiger partial charge >= 0.3 is 0 Å². The van der Waals surface area contributed by atoms with Crippen molar-refractivity contribution in [2.24, 2.45) is 12.1 Å². The Labute approximate surface area is 117 Å². The van der Waals surface area contributed by atoms with E-state index in [-0.39, 0.29) is 5.91 Å². The molecule has 2 rings (SSSR count). The lowest BCUT2D eigenvalue weighted by molar-refractivity contribution is 0.0955. The highest BCUT2D eigenvalue weighted by Gasteiger charge is 2.05. The Hall–Kier alpha value is -2.56. The van der Waals surface area contributed by atoms with Gasteiger partial charge in [0.15, 0.2) is 0 Å². The molecule has 5 heteroatoms. The Balaban J connectivity index is 2.03. The van der Waals surface area contributed by atoms with Gasteiger partial charge in [-0.3, -0.25) is 4.79 Å². The molecule has 0 bridgehead atoms. The van der Waals surface area contributed by atoms with Crippen LogP contribution in [0.3, 0.4) is 0 Å². The number of hydrogen-bond donors (Lipinski definition) is 1. The fraction of sp³-hybridized carbons (Fsp3) is 0.200. The van der Waals surface area contributed by atoms with Gasteiger partial charge in [0.2, 0.25) is 0 Å². The molecule has 1 amide bonds. The minimum atomic E-state index is -0.272. The highest BCUT2D eigenvalue weighted by atomic mass is 16.5. The first-order chi connectivity index (χ1) is 9.61. The molecule has 0 spiro atoms. The second-order valence-corrected chi connectivity index (χ2v) is 4.39. The number of methoxy groups -OCH3 is 1. The molecule has 0 aliphatic rings. The largest absolute Gasteiger partial charge is 0.497 e. The number of nitrogens with one attached hydrogen (secondary N) is 1. The molecule has 0 fully saturated rings. The second-order valence-electron chi connectivity index (χ2n) is 4.39. The van der Waals surface area contributed by atoms with Crippen molar-refractivity contribution < 1.29 is 9.53 Å². The van der Waals surface area contributed by atoms with Gasteiger partial charge in [0, 0.05) is 18.3 Å². The number of ether oxygens (including phenoxy) is 1. The van der Waals surface area contributed by atoms with E-state index in [1.807, 2.05) is 30.7 Å². The van der Waals surface area contributed by atoms with Crippen LogP contribution in [0, 0.1) is 6.92 Å². The van der Waals surface area contributed by atoms with Crippen molar-refractivity contribution in [3.05, 3.63) is 53.3 Å². The number of benzene rings is 1. The van der Waals surface area contributed by atoms with Crippen molar-refractivity contribution in [1.29, 1.82) is 0 Å². The van der Waals surface area contributed by atoms with Crippen LogP contribution in [-0.4, -0.2) is 23.8 Å². The summed E-state index contributed by atoms with van der Waals surface area (Å²) in [5, 5.41) is 3.96. The van der Waals surface area contributed by atoms with Crippen LogP contribution in [0.1, 0.15) is 21.7 Å². The number of carbonyl (C=O) groups excluding carboxylic acids is 1. The summed E-state index contributed by atoms with van der Waals surface area (Å²) >= 11 is 0. The number of aryl methyl sites for hydroxylation is 1. The van der Waals surface area contributed by atoms with Crippen molar-refractivity contribution >= 4 is 12.1 Å². The van der Waals surface area contributed by atoms with E-state index in [1.165, 1.54) is 0 Å². The van der Waals surface area contributed by atoms with Crippen LogP contribution in [0.15, 0.2) is 41.5 Å². The molecule has 1 aromatic heterocycles. The average Bonchev–Trinajstić information content (AvgIpc) is 2.79. The fourth-order valence-corrected chi connectivity index (χ4v) is 1.75. The topological polar surface area (TPSA) is 55.6 Å². The monoisotopic (exact) mass is 271 g/mol. The molecule has 0 atom stereocenters. The quantitative estimate of drug-likeness (QED) is 0.684. The lowest BCUT2D eigenvalue weighted by Crippen LogP contribution is -2.17. The van der Waals surface area contributed by atoms with Gasteiger partial charge in [0.1, 0.15) is 5.75 Å². The number of rotatable bonds is 4. The Morgan fingerprint density at radius 3 is 2.80 bits per heavy atom. The predicted molar refractivity (Wildman–Crippen MR) is 78.2 cm³/mol. The molecular formula is C15H17N3O2. The summed E-state index contributed by atoms with van der Waals surface area (Å²) in [6.45, 7) is 2.01. The third-order valence-electron chi connectivity index (χ3n) is 3.11. The first-order valence-electron chi connectivity index (χ1n) is 6.21. The van der Waals surface area contributed by atoms with Crippen LogP contribution in [-0.2, 0) is 7.05 Å². The van der Waals surface area contributed by atoms with Crippen LogP contribution in [0.5, 0.6) is 5.75 Å². The molecule has 0 unspecified atom stereocenters. The molecule has 5 nitrogen and oxygen atoms in total. The van der Waals surface area contributed by atoms with Crippen LogP contribution in [0.25, 0.3) is 0 Å². The van der Waals surface area contributed by atoms with E-state index in [0.29, 0.717) is 11.3 Å². The number of amides is 1. The highest BCUT2D eigenvalue weighted by Crippen LogP contribution is 2.12. The third-order valence-corrected chi connectivity index (χ3v) is 3.11. The minimum Gasteiger partial charge on any atom is -0.497 e. The molecule has 0 saturated heterocycles. The zero-order chi connectivity index (χ0) is 14.5. The Morgan fingerprint density at radius 2 is 2.15 bits per heavy atom. The molecule has 20 heavy (non-hydrogen) atoms. The van der Waals surface area contributed by atoms with Crippen molar-refractivity contribution in [1.82, 2.24) is 9.99 Å². The SMILES string of the molecule is COc1cccc(C(=O)N/N=C/c2ccc(C)n2C)c1. The van der Waals surface area contributed by atoms with Crippen molar-refractivity contribution in [3.8, 4) is 5.75 Å². The zero-order valence-corrected chi connectivity index (χ0v) is 11.8.